The second-order valence-corrected chi connectivity index (χ2v) is 11.3. The van der Waals surface area contributed by atoms with E-state index in [0.29, 0.717) is 0 Å². The van der Waals surface area contributed by atoms with Gasteiger partial charge in [0.2, 0.25) is 0 Å². The van der Waals surface area contributed by atoms with Gasteiger partial charge in [-0.25, -0.2) is 19.9 Å². The molecule has 6 rings (SSSR count). The third kappa shape index (κ3) is 10.3. The van der Waals surface area contributed by atoms with Crippen LogP contribution in [0.2, 0.25) is 0 Å². The molecule has 0 unspecified atom stereocenters. The highest BCUT2D eigenvalue weighted by molar-refractivity contribution is 14.1. The molecule has 0 aliphatic rings. The number of halogens is 3. The maximum absolute atomic E-state index is 4.43. The third-order valence-electron chi connectivity index (χ3n) is 5.23. The number of rotatable bonds is 5. The number of hydrogen-bond donors (Lipinski definition) is 1. The zero-order valence-electron chi connectivity index (χ0n) is 21.7. The van der Waals surface area contributed by atoms with Gasteiger partial charge in [0, 0.05) is 43.0 Å². The minimum absolute atomic E-state index is 0.807. The Kier molecular flexibility index (Phi) is 12.2. The van der Waals surface area contributed by atoms with Gasteiger partial charge in [0.1, 0.15) is 23.3 Å². The van der Waals surface area contributed by atoms with E-state index in [1.807, 2.05) is 114 Å². The summed E-state index contributed by atoms with van der Waals surface area (Å²) in [6.07, 6.45) is 7.05. The van der Waals surface area contributed by atoms with E-state index in [9.17, 15) is 0 Å². The van der Waals surface area contributed by atoms with E-state index in [-0.39, 0.29) is 0 Å². The van der Waals surface area contributed by atoms with Crippen molar-refractivity contribution in [1.29, 1.82) is 0 Å². The topological polar surface area (TPSA) is 66.8 Å². The lowest BCUT2D eigenvalue weighted by Gasteiger charge is -2.22. The monoisotopic (exact) mass is 778 g/mol. The van der Waals surface area contributed by atoms with Gasteiger partial charge in [-0.15, -0.1) is 0 Å². The summed E-state index contributed by atoms with van der Waals surface area (Å²) < 4.78 is 3.45. The van der Waals surface area contributed by atoms with Crippen molar-refractivity contribution >= 4 is 83.4 Å². The first kappa shape index (κ1) is 30.3. The molecule has 0 aliphatic heterocycles. The number of anilines is 5. The summed E-state index contributed by atoms with van der Waals surface area (Å²) in [5.41, 5.74) is 1.02. The first-order chi connectivity index (χ1) is 20.1. The second-order valence-electron chi connectivity index (χ2n) is 8.18. The minimum atomic E-state index is 0.807. The number of aromatic nitrogens is 4. The zero-order chi connectivity index (χ0) is 28.7. The van der Waals surface area contributed by atoms with Crippen LogP contribution in [0.1, 0.15) is 0 Å². The molecular formula is C32H25Br2IN6. The predicted molar refractivity (Wildman–Crippen MR) is 183 cm³/mol. The minimum Gasteiger partial charge on any atom is -0.325 e. The molecule has 0 saturated heterocycles. The SMILES string of the molecule is Brc1ccc(I)cc1.Brc1ccc(N(c2ccccn2)c2ccccn2)cc1.c1ccc(Nc2ccccn2)nc1. The van der Waals surface area contributed by atoms with Crippen LogP contribution in [-0.4, -0.2) is 19.9 Å². The van der Waals surface area contributed by atoms with Crippen LogP contribution in [0.25, 0.3) is 0 Å². The van der Waals surface area contributed by atoms with E-state index in [0.717, 1.165) is 37.9 Å². The molecule has 2 aromatic carbocycles. The fourth-order valence-corrected chi connectivity index (χ4v) is 4.27. The van der Waals surface area contributed by atoms with Crippen LogP contribution in [0.3, 0.4) is 0 Å². The fraction of sp³-hybridized carbons (Fsp3) is 0. The van der Waals surface area contributed by atoms with Gasteiger partial charge in [-0.2, -0.15) is 0 Å². The van der Waals surface area contributed by atoms with Crippen LogP contribution >= 0.6 is 54.5 Å². The van der Waals surface area contributed by atoms with E-state index >= 15 is 0 Å². The molecule has 0 radical (unpaired) electrons. The van der Waals surface area contributed by atoms with Gasteiger partial charge in [-0.3, -0.25) is 4.90 Å². The van der Waals surface area contributed by atoms with Crippen molar-refractivity contribution in [1.82, 2.24) is 19.9 Å². The summed E-state index contributed by atoms with van der Waals surface area (Å²) in [6.45, 7) is 0. The molecule has 4 heterocycles. The van der Waals surface area contributed by atoms with Crippen LogP contribution in [0.4, 0.5) is 29.0 Å². The summed E-state index contributed by atoms with van der Waals surface area (Å²) in [4.78, 5) is 19.1. The lowest BCUT2D eigenvalue weighted by molar-refractivity contribution is 1.12. The molecule has 0 fully saturated rings. The maximum atomic E-state index is 4.43. The highest BCUT2D eigenvalue weighted by atomic mass is 127. The van der Waals surface area contributed by atoms with Crippen molar-refractivity contribution < 1.29 is 0 Å². The smallest absolute Gasteiger partial charge is 0.138 e. The van der Waals surface area contributed by atoms with E-state index < -0.39 is 0 Å². The normalized spacial score (nSPS) is 9.83. The van der Waals surface area contributed by atoms with Crippen molar-refractivity contribution in [3.8, 4) is 0 Å². The highest BCUT2D eigenvalue weighted by Gasteiger charge is 2.13. The summed E-state index contributed by atoms with van der Waals surface area (Å²) in [6, 6.07) is 39.4. The van der Waals surface area contributed by atoms with Gasteiger partial charge in [0.25, 0.3) is 0 Å². The van der Waals surface area contributed by atoms with Crippen LogP contribution in [-0.2, 0) is 0 Å². The van der Waals surface area contributed by atoms with Gasteiger partial charge in [-0.1, -0.05) is 56.1 Å². The van der Waals surface area contributed by atoms with Crippen molar-refractivity contribution in [3.05, 3.63) is 159 Å². The summed E-state index contributed by atoms with van der Waals surface area (Å²) in [5.74, 6) is 3.30. The number of pyridine rings is 4. The standard InChI is InChI=1S/C16H12BrN3.C10H9N3.C6H4BrI/c17-13-7-9-14(10-8-13)20(15-5-1-3-11-18-15)16-6-2-4-12-19-16;1-3-7-11-9(5-1)13-10-6-2-4-8-12-10;7-5-1-3-6(8)4-2-5/h1-12H;1-8H,(H,11,12,13);1-4H. The second kappa shape index (κ2) is 16.6. The van der Waals surface area contributed by atoms with E-state index in [4.69, 9.17) is 0 Å². The van der Waals surface area contributed by atoms with E-state index in [1.165, 1.54) is 3.57 Å². The molecule has 4 aromatic heterocycles. The first-order valence-corrected chi connectivity index (χ1v) is 15.1. The van der Waals surface area contributed by atoms with Crippen molar-refractivity contribution in [2.24, 2.45) is 0 Å². The van der Waals surface area contributed by atoms with Gasteiger partial charge in [-0.05, 0) is 120 Å². The molecule has 0 saturated carbocycles. The molecule has 6 nitrogen and oxygen atoms in total. The zero-order valence-corrected chi connectivity index (χ0v) is 27.1. The molecular weight excluding hydrogens is 755 g/mol. The predicted octanol–water partition coefficient (Wildman–Crippen LogP) is 9.98. The molecule has 0 amide bonds. The quantitative estimate of drug-likeness (QED) is 0.176. The largest absolute Gasteiger partial charge is 0.325 e. The van der Waals surface area contributed by atoms with Crippen molar-refractivity contribution in [2.45, 2.75) is 0 Å². The molecule has 0 aliphatic carbocycles. The molecule has 41 heavy (non-hydrogen) atoms. The molecule has 1 N–H and O–H groups in total. The van der Waals surface area contributed by atoms with Crippen LogP contribution in [0.5, 0.6) is 0 Å². The van der Waals surface area contributed by atoms with Crippen LogP contribution in [0.15, 0.2) is 155 Å². The Morgan fingerprint density at radius 2 is 0.902 bits per heavy atom. The third-order valence-corrected chi connectivity index (χ3v) is 7.01. The molecule has 0 bridgehead atoms. The maximum Gasteiger partial charge on any atom is 0.138 e. The van der Waals surface area contributed by atoms with Crippen molar-refractivity contribution in [3.63, 3.8) is 0 Å². The average molecular weight is 780 g/mol. The Hall–Kier alpha value is -3.67. The average Bonchev–Trinajstić information content (AvgIpc) is 3.03. The molecule has 6 aromatic rings. The first-order valence-electron chi connectivity index (χ1n) is 12.5. The summed E-state index contributed by atoms with van der Waals surface area (Å²) in [7, 11) is 0. The van der Waals surface area contributed by atoms with Gasteiger partial charge in [0.05, 0.1) is 0 Å². The van der Waals surface area contributed by atoms with Gasteiger partial charge < -0.3 is 5.32 Å². The molecule has 0 spiro atoms. The summed E-state index contributed by atoms with van der Waals surface area (Å²) in [5, 5.41) is 3.08. The number of benzene rings is 2. The highest BCUT2D eigenvalue weighted by Crippen LogP contribution is 2.31. The van der Waals surface area contributed by atoms with E-state index in [1.54, 1.807) is 24.8 Å². The van der Waals surface area contributed by atoms with Crippen LogP contribution < -0.4 is 10.2 Å². The van der Waals surface area contributed by atoms with Gasteiger partial charge in [0.15, 0.2) is 0 Å². The van der Waals surface area contributed by atoms with Gasteiger partial charge >= 0.3 is 0 Å². The fourth-order valence-electron chi connectivity index (χ4n) is 3.38. The molecule has 204 valence electrons. The van der Waals surface area contributed by atoms with Crippen molar-refractivity contribution in [2.75, 3.05) is 10.2 Å². The molecule has 9 heteroatoms. The Labute approximate surface area is 270 Å². The Morgan fingerprint density at radius 3 is 1.27 bits per heavy atom. The lowest BCUT2D eigenvalue weighted by atomic mass is 10.2. The number of hydrogen-bond acceptors (Lipinski definition) is 6. The Balaban J connectivity index is 0.000000158. The summed E-state index contributed by atoms with van der Waals surface area (Å²) >= 11 is 9.08. The Morgan fingerprint density at radius 1 is 0.488 bits per heavy atom. The van der Waals surface area contributed by atoms with E-state index in [2.05, 4.69) is 91.8 Å². The number of nitrogens with zero attached hydrogens (tertiary/aromatic N) is 5. The Bertz CT molecular complexity index is 1460. The number of nitrogens with one attached hydrogen (secondary N) is 1. The molecule has 0 atom stereocenters. The van der Waals surface area contributed by atoms with Crippen LogP contribution in [0, 0.1) is 3.57 Å². The lowest BCUT2D eigenvalue weighted by Crippen LogP contribution is -2.12.